The topological polar surface area (TPSA) is 68.3 Å². The number of morpholine rings is 1. The van der Waals surface area contributed by atoms with Crippen LogP contribution in [0, 0.1) is 5.92 Å². The summed E-state index contributed by atoms with van der Waals surface area (Å²) < 4.78 is 16.3. The van der Waals surface area contributed by atoms with E-state index < -0.39 is 0 Å². The normalized spacial score (nSPS) is 21.5. The molecule has 0 bridgehead atoms. The molecule has 30 heavy (non-hydrogen) atoms. The first kappa shape index (κ1) is 20.7. The molecule has 2 saturated heterocycles. The highest BCUT2D eigenvalue weighted by molar-refractivity contribution is 7.12. The third-order valence-corrected chi connectivity index (χ3v) is 6.68. The molecule has 2 aliphatic heterocycles. The highest BCUT2D eigenvalue weighted by atomic mass is 32.1. The number of carbonyl (C=O) groups is 2. The fourth-order valence-electron chi connectivity index (χ4n) is 4.23. The van der Waals surface area contributed by atoms with Crippen molar-refractivity contribution >= 4 is 23.2 Å². The van der Waals surface area contributed by atoms with Crippen LogP contribution in [-0.2, 0) is 9.53 Å². The summed E-state index contributed by atoms with van der Waals surface area (Å²) in [5.41, 5.74) is 0.923. The number of carbonyl (C=O) groups excluding carboxylic acids is 2. The van der Waals surface area contributed by atoms with Crippen LogP contribution >= 0.6 is 11.3 Å². The van der Waals surface area contributed by atoms with E-state index in [1.165, 1.54) is 11.3 Å². The van der Waals surface area contributed by atoms with Gasteiger partial charge in [0, 0.05) is 43.7 Å². The van der Waals surface area contributed by atoms with Crippen molar-refractivity contribution in [3.8, 4) is 11.5 Å². The van der Waals surface area contributed by atoms with Gasteiger partial charge in [-0.2, -0.15) is 0 Å². The summed E-state index contributed by atoms with van der Waals surface area (Å²) in [6, 6.07) is 9.34. The van der Waals surface area contributed by atoms with E-state index in [0.717, 1.165) is 5.56 Å². The molecule has 4 rings (SSSR count). The molecule has 2 atom stereocenters. The maximum Gasteiger partial charge on any atom is 0.263 e. The first-order chi connectivity index (χ1) is 14.6. The number of benzene rings is 1. The smallest absolute Gasteiger partial charge is 0.263 e. The number of methoxy groups -OCH3 is 2. The Morgan fingerprint density at radius 1 is 1.07 bits per heavy atom. The summed E-state index contributed by atoms with van der Waals surface area (Å²) in [5.74, 6) is 0.933. The molecule has 8 heteroatoms. The summed E-state index contributed by atoms with van der Waals surface area (Å²) in [5, 5.41) is 1.89. The summed E-state index contributed by atoms with van der Waals surface area (Å²) in [6.07, 6.45) is 0. The van der Waals surface area contributed by atoms with Gasteiger partial charge in [0.05, 0.1) is 38.2 Å². The minimum absolute atomic E-state index is 0.0280. The average Bonchev–Trinajstić information content (AvgIpc) is 3.49. The van der Waals surface area contributed by atoms with E-state index in [1.807, 2.05) is 40.6 Å². The van der Waals surface area contributed by atoms with Gasteiger partial charge in [0.2, 0.25) is 5.91 Å². The molecule has 160 valence electrons. The van der Waals surface area contributed by atoms with Crippen LogP contribution in [0.4, 0.5) is 0 Å². The van der Waals surface area contributed by atoms with Crippen LogP contribution < -0.4 is 9.47 Å². The lowest BCUT2D eigenvalue weighted by molar-refractivity contribution is -0.139. The van der Waals surface area contributed by atoms with Crippen LogP contribution in [0.1, 0.15) is 21.2 Å². The zero-order valence-corrected chi connectivity index (χ0v) is 18.0. The van der Waals surface area contributed by atoms with E-state index in [0.29, 0.717) is 55.8 Å². The SMILES string of the molecule is COc1ccc(C2CN(C(=O)c3cccs3)CC2C(=O)N2CCOCC2)c(OC)c1. The summed E-state index contributed by atoms with van der Waals surface area (Å²) in [6.45, 7) is 3.13. The lowest BCUT2D eigenvalue weighted by Crippen LogP contribution is -2.45. The fraction of sp³-hybridized carbons (Fsp3) is 0.455. The molecule has 2 aromatic rings. The van der Waals surface area contributed by atoms with Gasteiger partial charge in [-0.15, -0.1) is 11.3 Å². The minimum atomic E-state index is -0.325. The molecule has 2 fully saturated rings. The average molecular weight is 431 g/mol. The van der Waals surface area contributed by atoms with E-state index in [1.54, 1.807) is 19.1 Å². The van der Waals surface area contributed by atoms with Crippen molar-refractivity contribution in [1.82, 2.24) is 9.80 Å². The van der Waals surface area contributed by atoms with Crippen LogP contribution in [0.25, 0.3) is 0 Å². The van der Waals surface area contributed by atoms with Gasteiger partial charge in [0.1, 0.15) is 11.5 Å². The largest absolute Gasteiger partial charge is 0.497 e. The second-order valence-corrected chi connectivity index (χ2v) is 8.39. The number of ether oxygens (including phenoxy) is 3. The Kier molecular flexibility index (Phi) is 6.24. The van der Waals surface area contributed by atoms with Crippen molar-refractivity contribution < 1.29 is 23.8 Å². The molecule has 0 aliphatic carbocycles. The number of amides is 2. The third-order valence-electron chi connectivity index (χ3n) is 5.82. The number of thiophene rings is 1. The van der Waals surface area contributed by atoms with Crippen LogP contribution in [0.5, 0.6) is 11.5 Å². The van der Waals surface area contributed by atoms with Crippen molar-refractivity contribution in [2.24, 2.45) is 5.92 Å². The first-order valence-corrected chi connectivity index (χ1v) is 10.9. The second kappa shape index (κ2) is 9.06. The molecule has 2 aliphatic rings. The Bertz CT molecular complexity index is 895. The van der Waals surface area contributed by atoms with Gasteiger partial charge in [-0.05, 0) is 17.5 Å². The zero-order chi connectivity index (χ0) is 21.1. The zero-order valence-electron chi connectivity index (χ0n) is 17.2. The number of rotatable bonds is 5. The molecule has 3 heterocycles. The molecule has 2 unspecified atom stereocenters. The number of hydrogen-bond donors (Lipinski definition) is 0. The monoisotopic (exact) mass is 430 g/mol. The Hall–Kier alpha value is -2.58. The molecular weight excluding hydrogens is 404 g/mol. The molecule has 7 nitrogen and oxygen atoms in total. The maximum absolute atomic E-state index is 13.4. The first-order valence-electron chi connectivity index (χ1n) is 10.0. The lowest BCUT2D eigenvalue weighted by Gasteiger charge is -2.31. The highest BCUT2D eigenvalue weighted by Crippen LogP contribution is 2.40. The van der Waals surface area contributed by atoms with Gasteiger partial charge in [0.15, 0.2) is 0 Å². The predicted octanol–water partition coefficient (Wildman–Crippen LogP) is 2.48. The second-order valence-electron chi connectivity index (χ2n) is 7.45. The minimum Gasteiger partial charge on any atom is -0.497 e. The summed E-state index contributed by atoms with van der Waals surface area (Å²) in [4.78, 5) is 30.8. The van der Waals surface area contributed by atoms with Crippen molar-refractivity contribution in [2.75, 3.05) is 53.6 Å². The number of likely N-dealkylation sites (tertiary alicyclic amines) is 1. The Labute approximate surface area is 180 Å². The van der Waals surface area contributed by atoms with Gasteiger partial charge >= 0.3 is 0 Å². The number of hydrogen-bond acceptors (Lipinski definition) is 6. The Balaban J connectivity index is 1.65. The molecule has 1 aromatic carbocycles. The molecular formula is C22H26N2O5S. The Morgan fingerprint density at radius 3 is 2.53 bits per heavy atom. The quantitative estimate of drug-likeness (QED) is 0.729. The standard InChI is InChI=1S/C22H26N2O5S/c1-27-15-5-6-16(19(12-15)28-2)17-13-24(22(26)20-4-3-11-30-20)14-18(17)21(25)23-7-9-29-10-8-23/h3-6,11-12,17-18H,7-10,13-14H2,1-2H3. The van der Waals surface area contributed by atoms with Gasteiger partial charge in [-0.1, -0.05) is 12.1 Å². The van der Waals surface area contributed by atoms with Gasteiger partial charge in [0.25, 0.3) is 5.91 Å². The van der Waals surface area contributed by atoms with E-state index in [-0.39, 0.29) is 23.7 Å². The third kappa shape index (κ3) is 4.02. The van der Waals surface area contributed by atoms with Crippen LogP contribution in [0.3, 0.4) is 0 Å². The van der Waals surface area contributed by atoms with Crippen LogP contribution in [0.15, 0.2) is 35.7 Å². The summed E-state index contributed by atoms with van der Waals surface area (Å²) in [7, 11) is 3.22. The van der Waals surface area contributed by atoms with Crippen molar-refractivity contribution in [3.05, 3.63) is 46.2 Å². The maximum atomic E-state index is 13.4. The van der Waals surface area contributed by atoms with Crippen molar-refractivity contribution in [1.29, 1.82) is 0 Å². The van der Waals surface area contributed by atoms with E-state index in [9.17, 15) is 9.59 Å². The van der Waals surface area contributed by atoms with Gasteiger partial charge < -0.3 is 24.0 Å². The predicted molar refractivity (Wildman–Crippen MR) is 113 cm³/mol. The summed E-state index contributed by atoms with van der Waals surface area (Å²) >= 11 is 1.42. The molecule has 0 radical (unpaired) electrons. The van der Waals surface area contributed by atoms with Crippen LogP contribution in [0.2, 0.25) is 0 Å². The molecule has 0 spiro atoms. The van der Waals surface area contributed by atoms with E-state index in [4.69, 9.17) is 14.2 Å². The van der Waals surface area contributed by atoms with E-state index in [2.05, 4.69) is 0 Å². The molecule has 0 N–H and O–H groups in total. The molecule has 1 aromatic heterocycles. The highest BCUT2D eigenvalue weighted by Gasteiger charge is 2.43. The fourth-order valence-corrected chi connectivity index (χ4v) is 4.92. The molecule has 2 amide bonds. The van der Waals surface area contributed by atoms with Gasteiger partial charge in [-0.25, -0.2) is 0 Å². The number of nitrogens with zero attached hydrogens (tertiary/aromatic N) is 2. The van der Waals surface area contributed by atoms with E-state index >= 15 is 0 Å². The molecule has 0 saturated carbocycles. The Morgan fingerprint density at radius 2 is 1.87 bits per heavy atom. The van der Waals surface area contributed by atoms with Gasteiger partial charge in [-0.3, -0.25) is 9.59 Å². The van der Waals surface area contributed by atoms with Crippen LogP contribution in [-0.4, -0.2) is 75.2 Å². The van der Waals surface area contributed by atoms with Crippen molar-refractivity contribution in [3.63, 3.8) is 0 Å². The lowest BCUT2D eigenvalue weighted by atomic mass is 9.87. The van der Waals surface area contributed by atoms with Crippen molar-refractivity contribution in [2.45, 2.75) is 5.92 Å².